The molecule has 4 heteroatoms. The fraction of sp³-hybridized carbons (Fsp3) is 0.714. The van der Waals surface area contributed by atoms with Gasteiger partial charge in [-0.2, -0.15) is 0 Å². The Morgan fingerprint density at radius 2 is 2.36 bits per heavy atom. The van der Waals surface area contributed by atoms with E-state index < -0.39 is 0 Å². The van der Waals surface area contributed by atoms with Crippen LogP contribution in [0.3, 0.4) is 0 Å². The van der Waals surface area contributed by atoms with Crippen LogP contribution >= 0.6 is 0 Å². The van der Waals surface area contributed by atoms with Crippen molar-refractivity contribution in [1.29, 1.82) is 0 Å². The molecule has 0 radical (unpaired) electrons. The van der Waals surface area contributed by atoms with Gasteiger partial charge < -0.3 is 4.79 Å². The van der Waals surface area contributed by atoms with Gasteiger partial charge in [0.2, 0.25) is 5.91 Å². The lowest BCUT2D eigenvalue weighted by Gasteiger charge is -2.11. The van der Waals surface area contributed by atoms with Crippen molar-refractivity contribution >= 4 is 12.2 Å². The zero-order valence-corrected chi connectivity index (χ0v) is 6.08. The maximum atomic E-state index is 11.1. The lowest BCUT2D eigenvalue weighted by Crippen LogP contribution is -2.25. The van der Waals surface area contributed by atoms with Crippen molar-refractivity contribution in [2.75, 3.05) is 6.54 Å². The first kappa shape index (κ1) is 6.79. The molecule has 0 aromatic heterocycles. The minimum absolute atomic E-state index is 0.0606. The molecule has 1 saturated heterocycles. The monoisotopic (exact) mass is 155 g/mol. The predicted molar refractivity (Wildman–Crippen MR) is 35.4 cm³/mol. The summed E-state index contributed by atoms with van der Waals surface area (Å²) in [4.78, 5) is 26.4. The zero-order valence-electron chi connectivity index (χ0n) is 6.08. The summed E-state index contributed by atoms with van der Waals surface area (Å²) in [6, 6.07) is 0. The summed E-state index contributed by atoms with van der Waals surface area (Å²) in [7, 11) is 0. The van der Waals surface area contributed by atoms with Crippen LogP contribution in [0.4, 0.5) is 0 Å². The first-order chi connectivity index (χ1) is 5.26. The number of hydroxylamine groups is 2. The van der Waals surface area contributed by atoms with E-state index >= 15 is 0 Å². The van der Waals surface area contributed by atoms with Crippen molar-refractivity contribution in [3.05, 3.63) is 0 Å². The number of aldehydes is 1. The van der Waals surface area contributed by atoms with E-state index in [0.717, 1.165) is 12.8 Å². The van der Waals surface area contributed by atoms with Crippen LogP contribution in [0.5, 0.6) is 0 Å². The summed E-state index contributed by atoms with van der Waals surface area (Å²) in [5.41, 5.74) is -0.194. The Kier molecular flexibility index (Phi) is 1.26. The molecule has 0 bridgehead atoms. The molecule has 0 N–H and O–H groups in total. The van der Waals surface area contributed by atoms with Gasteiger partial charge in [-0.3, -0.25) is 9.63 Å². The number of nitrogens with zero attached hydrogens (tertiary/aromatic N) is 1. The molecule has 1 aliphatic carbocycles. The van der Waals surface area contributed by atoms with Crippen molar-refractivity contribution in [3.8, 4) is 0 Å². The quantitative estimate of drug-likeness (QED) is 0.522. The standard InChI is InChI=1S/C7H9NO3/c9-4-3-8-6(10)5-7(11-8)1-2-7/h4H,1-3,5H2. The molecular formula is C7H9NO3. The fourth-order valence-corrected chi connectivity index (χ4v) is 1.29. The summed E-state index contributed by atoms with van der Waals surface area (Å²) < 4.78 is 0. The molecule has 1 spiro atoms. The number of carbonyl (C=O) groups excluding carboxylic acids is 2. The number of hydrogen-bond donors (Lipinski definition) is 0. The van der Waals surface area contributed by atoms with Crippen molar-refractivity contribution < 1.29 is 14.4 Å². The van der Waals surface area contributed by atoms with E-state index in [4.69, 9.17) is 4.84 Å². The smallest absolute Gasteiger partial charge is 0.249 e. The summed E-state index contributed by atoms with van der Waals surface area (Å²) in [6.45, 7) is 0.0700. The Morgan fingerprint density at radius 1 is 1.64 bits per heavy atom. The number of amides is 1. The van der Waals surface area contributed by atoms with Crippen molar-refractivity contribution in [1.82, 2.24) is 5.06 Å². The first-order valence-corrected chi connectivity index (χ1v) is 3.69. The van der Waals surface area contributed by atoms with Gasteiger partial charge in [-0.25, -0.2) is 5.06 Å². The molecule has 0 atom stereocenters. The highest BCUT2D eigenvalue weighted by Gasteiger charge is 2.54. The second-order valence-electron chi connectivity index (χ2n) is 3.07. The first-order valence-electron chi connectivity index (χ1n) is 3.69. The minimum Gasteiger partial charge on any atom is -0.301 e. The van der Waals surface area contributed by atoms with E-state index in [1.807, 2.05) is 0 Å². The van der Waals surface area contributed by atoms with E-state index in [1.165, 1.54) is 5.06 Å². The highest BCUT2D eigenvalue weighted by atomic mass is 16.7. The van der Waals surface area contributed by atoms with E-state index in [0.29, 0.717) is 12.7 Å². The Labute approximate surface area is 64.1 Å². The zero-order chi connectivity index (χ0) is 7.90. The Hall–Kier alpha value is -0.900. The molecule has 0 aromatic rings. The van der Waals surface area contributed by atoms with Gasteiger partial charge in [0.1, 0.15) is 18.4 Å². The second-order valence-corrected chi connectivity index (χ2v) is 3.07. The van der Waals surface area contributed by atoms with Gasteiger partial charge in [-0.1, -0.05) is 0 Å². The van der Waals surface area contributed by atoms with Crippen LogP contribution in [0.25, 0.3) is 0 Å². The van der Waals surface area contributed by atoms with Crippen LogP contribution in [-0.4, -0.2) is 29.4 Å². The predicted octanol–water partition coefficient (Wildman–Crippen LogP) is -0.118. The van der Waals surface area contributed by atoms with Gasteiger partial charge in [-0.05, 0) is 12.8 Å². The van der Waals surface area contributed by atoms with Gasteiger partial charge in [0.05, 0.1) is 6.42 Å². The Balaban J connectivity index is 2.02. The van der Waals surface area contributed by atoms with E-state index in [9.17, 15) is 9.59 Å². The normalized spacial score (nSPS) is 26.2. The molecular weight excluding hydrogens is 146 g/mol. The van der Waals surface area contributed by atoms with Gasteiger partial charge in [0.15, 0.2) is 0 Å². The Morgan fingerprint density at radius 3 is 2.82 bits per heavy atom. The van der Waals surface area contributed by atoms with Crippen LogP contribution in [0, 0.1) is 0 Å². The maximum Gasteiger partial charge on any atom is 0.249 e. The second kappa shape index (κ2) is 2.04. The molecule has 0 unspecified atom stereocenters. The molecule has 2 fully saturated rings. The molecule has 1 heterocycles. The van der Waals surface area contributed by atoms with Crippen LogP contribution < -0.4 is 0 Å². The topological polar surface area (TPSA) is 46.6 Å². The van der Waals surface area contributed by atoms with Crippen LogP contribution in [-0.2, 0) is 14.4 Å². The van der Waals surface area contributed by atoms with Crippen molar-refractivity contribution in [2.45, 2.75) is 24.9 Å². The van der Waals surface area contributed by atoms with Crippen LogP contribution in [0.15, 0.2) is 0 Å². The van der Waals surface area contributed by atoms with Gasteiger partial charge >= 0.3 is 0 Å². The third-order valence-corrected chi connectivity index (χ3v) is 2.10. The number of hydrogen-bond acceptors (Lipinski definition) is 3. The number of rotatable bonds is 2. The van der Waals surface area contributed by atoms with E-state index in [1.54, 1.807) is 0 Å². The average molecular weight is 155 g/mol. The molecule has 0 aromatic carbocycles. The summed E-state index contributed by atoms with van der Waals surface area (Å²) >= 11 is 0. The lowest BCUT2D eigenvalue weighted by atomic mass is 10.2. The molecule has 4 nitrogen and oxygen atoms in total. The number of carbonyl (C=O) groups is 2. The highest BCUT2D eigenvalue weighted by Crippen LogP contribution is 2.47. The molecule has 60 valence electrons. The molecule has 1 amide bonds. The van der Waals surface area contributed by atoms with E-state index in [2.05, 4.69) is 0 Å². The third-order valence-electron chi connectivity index (χ3n) is 2.10. The van der Waals surface area contributed by atoms with Crippen molar-refractivity contribution in [3.63, 3.8) is 0 Å². The van der Waals surface area contributed by atoms with Gasteiger partial charge in [0, 0.05) is 0 Å². The average Bonchev–Trinajstić information content (AvgIpc) is 2.61. The lowest BCUT2D eigenvalue weighted by molar-refractivity contribution is -0.177. The highest BCUT2D eigenvalue weighted by molar-refractivity contribution is 5.80. The third kappa shape index (κ3) is 1.03. The van der Waals surface area contributed by atoms with Crippen molar-refractivity contribution in [2.24, 2.45) is 0 Å². The van der Waals surface area contributed by atoms with Crippen LogP contribution in [0.1, 0.15) is 19.3 Å². The fourth-order valence-electron chi connectivity index (χ4n) is 1.29. The molecule has 11 heavy (non-hydrogen) atoms. The largest absolute Gasteiger partial charge is 0.301 e. The van der Waals surface area contributed by atoms with Crippen LogP contribution in [0.2, 0.25) is 0 Å². The SMILES string of the molecule is O=CCN1OC2(CC2)CC1=O. The Bertz CT molecular complexity index is 210. The molecule has 1 saturated carbocycles. The molecule has 1 aliphatic heterocycles. The molecule has 2 aliphatic rings. The minimum atomic E-state index is -0.194. The summed E-state index contributed by atoms with van der Waals surface area (Å²) in [5, 5.41) is 1.17. The van der Waals surface area contributed by atoms with Gasteiger partial charge in [-0.15, -0.1) is 0 Å². The van der Waals surface area contributed by atoms with E-state index in [-0.39, 0.29) is 18.1 Å². The maximum absolute atomic E-state index is 11.1. The molecule has 2 rings (SSSR count). The summed E-state index contributed by atoms with van der Waals surface area (Å²) in [5.74, 6) is -0.0606. The summed E-state index contributed by atoms with van der Waals surface area (Å²) in [6.07, 6.45) is 3.04. The van der Waals surface area contributed by atoms with Gasteiger partial charge in [0.25, 0.3) is 0 Å².